The number of fused-ring (bicyclic) bond motifs is 1. The molecule has 2 saturated heterocycles. The Morgan fingerprint density at radius 1 is 1.21 bits per heavy atom. The van der Waals surface area contributed by atoms with Gasteiger partial charge in [-0.3, -0.25) is 9.98 Å². The standard InChI is InChI=1S/C22H25FN4OS/c1-2-16-14-29-22-25-20(18-5-3-4-8-24-18)21(27(16)22)15-6-7-19(17(23)13-15)26-9-11-28-12-10-26/h3-8,13,16,20-21H,2,9-12,14H2,1H3/t16-,20-,21+/m1/s1. The Labute approximate surface area is 175 Å². The zero-order valence-electron chi connectivity index (χ0n) is 16.5. The summed E-state index contributed by atoms with van der Waals surface area (Å²) in [7, 11) is 0. The summed E-state index contributed by atoms with van der Waals surface area (Å²) in [5.74, 6) is 0.868. The van der Waals surface area contributed by atoms with E-state index in [0.29, 0.717) is 24.9 Å². The molecule has 0 unspecified atom stereocenters. The number of aromatic nitrogens is 1. The van der Waals surface area contributed by atoms with E-state index in [9.17, 15) is 0 Å². The minimum Gasteiger partial charge on any atom is -0.378 e. The van der Waals surface area contributed by atoms with Gasteiger partial charge in [0.05, 0.1) is 30.6 Å². The number of hydrogen-bond donors (Lipinski definition) is 0. The number of rotatable bonds is 4. The molecule has 0 N–H and O–H groups in total. The minimum absolute atomic E-state index is 0.0203. The van der Waals surface area contributed by atoms with Crippen LogP contribution in [0.1, 0.15) is 36.7 Å². The van der Waals surface area contributed by atoms with E-state index >= 15 is 4.39 Å². The Morgan fingerprint density at radius 3 is 2.79 bits per heavy atom. The van der Waals surface area contributed by atoms with E-state index in [-0.39, 0.29) is 17.9 Å². The lowest BCUT2D eigenvalue weighted by Crippen LogP contribution is -2.37. The van der Waals surface area contributed by atoms with Crippen LogP contribution < -0.4 is 4.90 Å². The number of benzene rings is 1. The predicted molar refractivity (Wildman–Crippen MR) is 115 cm³/mol. The van der Waals surface area contributed by atoms with Crippen LogP contribution in [0.25, 0.3) is 0 Å². The molecule has 152 valence electrons. The van der Waals surface area contributed by atoms with Gasteiger partial charge in [-0.15, -0.1) is 0 Å². The van der Waals surface area contributed by atoms with Gasteiger partial charge in [-0.25, -0.2) is 4.39 Å². The van der Waals surface area contributed by atoms with Crippen LogP contribution in [-0.2, 0) is 4.74 Å². The van der Waals surface area contributed by atoms with Crippen LogP contribution in [0.4, 0.5) is 10.1 Å². The quantitative estimate of drug-likeness (QED) is 0.758. The van der Waals surface area contributed by atoms with Gasteiger partial charge in [0, 0.05) is 31.1 Å². The van der Waals surface area contributed by atoms with Gasteiger partial charge < -0.3 is 14.5 Å². The van der Waals surface area contributed by atoms with Crippen molar-refractivity contribution in [2.24, 2.45) is 4.99 Å². The van der Waals surface area contributed by atoms with Crippen LogP contribution in [0.5, 0.6) is 0 Å². The van der Waals surface area contributed by atoms with Crippen LogP contribution in [0, 0.1) is 5.82 Å². The maximum Gasteiger partial charge on any atom is 0.160 e. The fourth-order valence-corrected chi connectivity index (χ4v) is 5.82. The van der Waals surface area contributed by atoms with Crippen LogP contribution in [0.15, 0.2) is 47.6 Å². The molecule has 1 aromatic heterocycles. The second-order valence-corrected chi connectivity index (χ2v) is 8.63. The van der Waals surface area contributed by atoms with E-state index in [2.05, 4.69) is 27.8 Å². The summed E-state index contributed by atoms with van der Waals surface area (Å²) in [4.78, 5) is 14.0. The van der Waals surface area contributed by atoms with E-state index in [1.54, 1.807) is 17.8 Å². The molecular formula is C22H25FN4OS. The van der Waals surface area contributed by atoms with Gasteiger partial charge in [-0.2, -0.15) is 0 Å². The SMILES string of the molecule is CC[C@@H]1CSC2=N[C@H](c3ccccn3)[C@H](c3ccc(N4CCOCC4)c(F)c3)N21. The maximum absolute atomic E-state index is 15.2. The smallest absolute Gasteiger partial charge is 0.160 e. The summed E-state index contributed by atoms with van der Waals surface area (Å²) in [6.07, 6.45) is 2.86. The van der Waals surface area contributed by atoms with Gasteiger partial charge in [0.2, 0.25) is 0 Å². The van der Waals surface area contributed by atoms with E-state index in [4.69, 9.17) is 9.73 Å². The van der Waals surface area contributed by atoms with Crippen molar-refractivity contribution < 1.29 is 9.13 Å². The molecule has 1 aromatic carbocycles. The first-order valence-electron chi connectivity index (χ1n) is 10.3. The van der Waals surface area contributed by atoms with Crippen molar-refractivity contribution >= 4 is 22.6 Å². The topological polar surface area (TPSA) is 41.0 Å². The molecule has 0 bridgehead atoms. The Hall–Kier alpha value is -2.12. The summed E-state index contributed by atoms with van der Waals surface area (Å²) in [6, 6.07) is 11.9. The normalized spacial score (nSPS) is 26.6. The molecule has 2 fully saturated rings. The summed E-state index contributed by atoms with van der Waals surface area (Å²) < 4.78 is 20.6. The zero-order valence-corrected chi connectivity index (χ0v) is 17.3. The second-order valence-electron chi connectivity index (χ2n) is 7.65. The summed E-state index contributed by atoms with van der Waals surface area (Å²) >= 11 is 1.80. The third kappa shape index (κ3) is 3.40. The van der Waals surface area contributed by atoms with Crippen molar-refractivity contribution in [2.45, 2.75) is 31.5 Å². The van der Waals surface area contributed by atoms with Gasteiger partial charge in [-0.05, 0) is 36.2 Å². The number of nitrogens with zero attached hydrogens (tertiary/aromatic N) is 4. The van der Waals surface area contributed by atoms with Crippen molar-refractivity contribution in [3.05, 3.63) is 59.7 Å². The zero-order chi connectivity index (χ0) is 19.8. The largest absolute Gasteiger partial charge is 0.378 e. The fourth-order valence-electron chi connectivity index (χ4n) is 4.48. The van der Waals surface area contributed by atoms with E-state index in [1.807, 2.05) is 30.5 Å². The average molecular weight is 413 g/mol. The van der Waals surface area contributed by atoms with Gasteiger partial charge in [-0.1, -0.05) is 30.8 Å². The summed E-state index contributed by atoms with van der Waals surface area (Å²) in [6.45, 7) is 4.95. The number of aliphatic imine (C=N–C) groups is 1. The Bertz CT molecular complexity index is 903. The van der Waals surface area contributed by atoms with Gasteiger partial charge in [0.25, 0.3) is 0 Å². The first-order chi connectivity index (χ1) is 14.3. The van der Waals surface area contributed by atoms with Crippen molar-refractivity contribution in [1.29, 1.82) is 0 Å². The Morgan fingerprint density at radius 2 is 2.07 bits per heavy atom. The van der Waals surface area contributed by atoms with E-state index in [1.165, 1.54) is 0 Å². The van der Waals surface area contributed by atoms with Gasteiger partial charge in [0.1, 0.15) is 11.9 Å². The minimum atomic E-state index is -0.169. The van der Waals surface area contributed by atoms with E-state index in [0.717, 1.165) is 41.7 Å². The lowest BCUT2D eigenvalue weighted by Gasteiger charge is -2.33. The summed E-state index contributed by atoms with van der Waals surface area (Å²) in [5.41, 5.74) is 2.57. The molecule has 29 heavy (non-hydrogen) atoms. The molecule has 7 heteroatoms. The van der Waals surface area contributed by atoms with Crippen LogP contribution in [0.2, 0.25) is 0 Å². The predicted octanol–water partition coefficient (Wildman–Crippen LogP) is 4.04. The van der Waals surface area contributed by atoms with E-state index < -0.39 is 0 Å². The molecule has 5 rings (SSSR count). The molecule has 4 heterocycles. The number of anilines is 1. The third-order valence-corrected chi connectivity index (χ3v) is 7.12. The third-order valence-electron chi connectivity index (χ3n) is 5.99. The molecule has 0 aliphatic carbocycles. The molecule has 5 nitrogen and oxygen atoms in total. The number of morpholine rings is 1. The number of halogens is 1. The Balaban J connectivity index is 1.52. The molecule has 0 amide bonds. The highest BCUT2D eigenvalue weighted by Gasteiger charge is 2.45. The number of ether oxygens (including phenoxy) is 1. The van der Waals surface area contributed by atoms with Gasteiger partial charge in [0.15, 0.2) is 5.17 Å². The molecule has 0 spiro atoms. The van der Waals surface area contributed by atoms with Crippen molar-refractivity contribution in [3.63, 3.8) is 0 Å². The fraction of sp³-hybridized carbons (Fsp3) is 0.455. The number of thioether (sulfide) groups is 1. The first kappa shape index (κ1) is 18.9. The van der Waals surface area contributed by atoms with Crippen LogP contribution in [-0.4, -0.2) is 53.1 Å². The molecular weight excluding hydrogens is 387 g/mol. The monoisotopic (exact) mass is 412 g/mol. The van der Waals surface area contributed by atoms with Gasteiger partial charge >= 0.3 is 0 Å². The van der Waals surface area contributed by atoms with Crippen molar-refractivity contribution in [3.8, 4) is 0 Å². The molecule has 3 aliphatic heterocycles. The first-order valence-corrected chi connectivity index (χ1v) is 11.3. The number of amidine groups is 1. The lowest BCUT2D eigenvalue weighted by atomic mass is 9.94. The van der Waals surface area contributed by atoms with Crippen molar-refractivity contribution in [1.82, 2.24) is 9.88 Å². The molecule has 0 radical (unpaired) electrons. The molecule has 3 aliphatic rings. The lowest BCUT2D eigenvalue weighted by molar-refractivity contribution is 0.122. The highest BCUT2D eigenvalue weighted by molar-refractivity contribution is 8.14. The van der Waals surface area contributed by atoms with Crippen molar-refractivity contribution in [2.75, 3.05) is 37.0 Å². The molecule has 3 atom stereocenters. The molecule has 2 aromatic rings. The maximum atomic E-state index is 15.2. The van der Waals surface area contributed by atoms with Crippen LogP contribution >= 0.6 is 11.8 Å². The Kier molecular flexibility index (Phi) is 5.18. The van der Waals surface area contributed by atoms with Crippen LogP contribution in [0.3, 0.4) is 0 Å². The highest BCUT2D eigenvalue weighted by Crippen LogP contribution is 2.48. The molecule has 0 saturated carbocycles. The number of pyridine rings is 1. The summed E-state index contributed by atoms with van der Waals surface area (Å²) in [5, 5.41) is 1.06. The number of hydrogen-bond acceptors (Lipinski definition) is 6. The highest BCUT2D eigenvalue weighted by atomic mass is 32.2. The second kappa shape index (κ2) is 7.95. The average Bonchev–Trinajstić information content (AvgIpc) is 3.34.